The third-order valence-corrected chi connectivity index (χ3v) is 3.18. The summed E-state index contributed by atoms with van der Waals surface area (Å²) >= 11 is 0. The average molecular weight is 196 g/mol. The lowest BCUT2D eigenvalue weighted by Crippen LogP contribution is -2.13. The molecule has 0 saturated heterocycles. The number of aryl methyl sites for hydroxylation is 1. The minimum absolute atomic E-state index is 0.374. The van der Waals surface area contributed by atoms with E-state index in [2.05, 4.69) is 24.3 Å². The Balaban J connectivity index is 2.32. The molecular weight excluding hydrogens is 184 g/mol. The fourth-order valence-electron chi connectivity index (χ4n) is 2.38. The normalized spacial score (nSPS) is 15.3. The number of benzene rings is 2. The molecule has 0 spiro atoms. The molecule has 0 N–H and O–H groups in total. The van der Waals surface area contributed by atoms with Crippen molar-refractivity contribution in [2.24, 2.45) is 0 Å². The molecule has 0 radical (unpaired) electrons. The van der Waals surface area contributed by atoms with Gasteiger partial charge in [0.05, 0.1) is 0 Å². The largest absolute Gasteiger partial charge is 0.299 e. The zero-order valence-electron chi connectivity index (χ0n) is 8.49. The zero-order valence-corrected chi connectivity index (χ0v) is 8.49. The molecule has 2 aromatic rings. The molecule has 1 aliphatic carbocycles. The summed E-state index contributed by atoms with van der Waals surface area (Å²) in [5.41, 5.74) is 2.61. The van der Waals surface area contributed by atoms with Gasteiger partial charge in [0.1, 0.15) is 5.78 Å². The molecule has 0 atom stereocenters. The Morgan fingerprint density at radius 1 is 0.933 bits per heavy atom. The molecule has 2 aromatic carbocycles. The third kappa shape index (κ3) is 1.35. The van der Waals surface area contributed by atoms with Crippen molar-refractivity contribution in [2.45, 2.75) is 19.3 Å². The van der Waals surface area contributed by atoms with Crippen LogP contribution in [-0.4, -0.2) is 5.78 Å². The van der Waals surface area contributed by atoms with E-state index in [0.29, 0.717) is 18.6 Å². The molecule has 0 aromatic heterocycles. The Kier molecular flexibility index (Phi) is 1.84. The molecule has 0 unspecified atom stereocenters. The van der Waals surface area contributed by atoms with Gasteiger partial charge in [-0.3, -0.25) is 4.79 Å². The van der Waals surface area contributed by atoms with E-state index in [1.807, 2.05) is 12.1 Å². The monoisotopic (exact) mass is 196 g/mol. The van der Waals surface area contributed by atoms with Gasteiger partial charge in [-0.2, -0.15) is 0 Å². The predicted molar refractivity (Wildman–Crippen MR) is 61.0 cm³/mol. The molecule has 0 aliphatic heterocycles. The van der Waals surface area contributed by atoms with Crippen LogP contribution in [0.1, 0.15) is 17.5 Å². The van der Waals surface area contributed by atoms with Crippen molar-refractivity contribution in [1.29, 1.82) is 0 Å². The number of Topliss-reactive ketones (excluding diaryl/α,β-unsaturated/α-hetero) is 1. The summed E-state index contributed by atoms with van der Waals surface area (Å²) in [6, 6.07) is 12.6. The van der Waals surface area contributed by atoms with Crippen molar-refractivity contribution in [3.8, 4) is 0 Å². The van der Waals surface area contributed by atoms with Crippen molar-refractivity contribution in [3.05, 3.63) is 47.5 Å². The van der Waals surface area contributed by atoms with Crippen molar-refractivity contribution in [2.75, 3.05) is 0 Å². The minimum atomic E-state index is 0.374. The van der Waals surface area contributed by atoms with Crippen LogP contribution in [0.3, 0.4) is 0 Å². The fourth-order valence-corrected chi connectivity index (χ4v) is 2.38. The molecule has 15 heavy (non-hydrogen) atoms. The highest BCUT2D eigenvalue weighted by Crippen LogP contribution is 2.27. The van der Waals surface area contributed by atoms with Gasteiger partial charge in [0.25, 0.3) is 0 Å². The van der Waals surface area contributed by atoms with E-state index in [9.17, 15) is 4.79 Å². The summed E-state index contributed by atoms with van der Waals surface area (Å²) in [6.07, 6.45) is 2.25. The molecule has 1 heteroatoms. The maximum absolute atomic E-state index is 11.5. The number of hydrogen-bond donors (Lipinski definition) is 0. The van der Waals surface area contributed by atoms with Crippen molar-refractivity contribution in [1.82, 2.24) is 0 Å². The molecule has 1 aliphatic rings. The first-order chi connectivity index (χ1) is 7.34. The molecular formula is C14H12O. The van der Waals surface area contributed by atoms with Gasteiger partial charge in [-0.25, -0.2) is 0 Å². The summed E-state index contributed by atoms with van der Waals surface area (Å²) in [7, 11) is 0. The SMILES string of the molecule is O=C1CCc2ccc3ccccc3c2C1. The number of carbonyl (C=O) groups is 1. The first-order valence-corrected chi connectivity index (χ1v) is 5.36. The van der Waals surface area contributed by atoms with E-state index in [4.69, 9.17) is 0 Å². The summed E-state index contributed by atoms with van der Waals surface area (Å²) in [5, 5.41) is 2.49. The second-order valence-electron chi connectivity index (χ2n) is 4.14. The van der Waals surface area contributed by atoms with E-state index < -0.39 is 0 Å². The maximum Gasteiger partial charge on any atom is 0.137 e. The van der Waals surface area contributed by atoms with Gasteiger partial charge in [-0.1, -0.05) is 36.4 Å². The third-order valence-electron chi connectivity index (χ3n) is 3.18. The lowest BCUT2D eigenvalue weighted by molar-refractivity contribution is -0.118. The van der Waals surface area contributed by atoms with Gasteiger partial charge in [-0.05, 0) is 28.3 Å². The highest BCUT2D eigenvalue weighted by molar-refractivity contribution is 5.93. The van der Waals surface area contributed by atoms with Crippen LogP contribution in [0.2, 0.25) is 0 Å². The Labute approximate surface area is 88.7 Å². The highest BCUT2D eigenvalue weighted by atomic mass is 16.1. The van der Waals surface area contributed by atoms with Gasteiger partial charge in [0.15, 0.2) is 0 Å². The number of ketones is 1. The molecule has 0 fully saturated rings. The predicted octanol–water partition coefficient (Wildman–Crippen LogP) is 2.90. The van der Waals surface area contributed by atoms with Crippen molar-refractivity contribution >= 4 is 16.6 Å². The van der Waals surface area contributed by atoms with Crippen LogP contribution in [0.15, 0.2) is 36.4 Å². The van der Waals surface area contributed by atoms with Gasteiger partial charge in [0, 0.05) is 12.8 Å². The number of fused-ring (bicyclic) bond motifs is 3. The molecule has 1 nitrogen and oxygen atoms in total. The first-order valence-electron chi connectivity index (χ1n) is 5.36. The van der Waals surface area contributed by atoms with Gasteiger partial charge in [0.2, 0.25) is 0 Å². The molecule has 0 bridgehead atoms. The van der Waals surface area contributed by atoms with Crippen LogP contribution >= 0.6 is 0 Å². The van der Waals surface area contributed by atoms with E-state index in [1.165, 1.54) is 21.9 Å². The Bertz CT molecular complexity index is 540. The van der Waals surface area contributed by atoms with Crippen LogP contribution < -0.4 is 0 Å². The zero-order chi connectivity index (χ0) is 10.3. The number of rotatable bonds is 0. The highest BCUT2D eigenvalue weighted by Gasteiger charge is 2.17. The topological polar surface area (TPSA) is 17.1 Å². The van der Waals surface area contributed by atoms with E-state index in [0.717, 1.165) is 6.42 Å². The summed E-state index contributed by atoms with van der Waals surface area (Å²) in [4.78, 5) is 11.5. The van der Waals surface area contributed by atoms with Crippen LogP contribution in [0, 0.1) is 0 Å². The molecule has 0 heterocycles. The fraction of sp³-hybridized carbons (Fsp3) is 0.214. The van der Waals surface area contributed by atoms with Gasteiger partial charge >= 0.3 is 0 Å². The van der Waals surface area contributed by atoms with E-state index in [-0.39, 0.29) is 0 Å². The Morgan fingerprint density at radius 3 is 2.73 bits per heavy atom. The second-order valence-corrected chi connectivity index (χ2v) is 4.14. The summed E-state index contributed by atoms with van der Waals surface area (Å²) in [5.74, 6) is 0.374. The average Bonchev–Trinajstić information content (AvgIpc) is 2.29. The molecule has 0 saturated carbocycles. The molecule has 0 amide bonds. The van der Waals surface area contributed by atoms with Crippen molar-refractivity contribution in [3.63, 3.8) is 0 Å². The Morgan fingerprint density at radius 2 is 1.80 bits per heavy atom. The van der Waals surface area contributed by atoms with E-state index in [1.54, 1.807) is 0 Å². The van der Waals surface area contributed by atoms with Crippen LogP contribution in [0.25, 0.3) is 10.8 Å². The lowest BCUT2D eigenvalue weighted by atomic mass is 9.87. The van der Waals surface area contributed by atoms with Crippen LogP contribution in [-0.2, 0) is 17.6 Å². The van der Waals surface area contributed by atoms with E-state index >= 15 is 0 Å². The lowest BCUT2D eigenvalue weighted by Gasteiger charge is -2.16. The quantitative estimate of drug-likeness (QED) is 0.633. The number of carbonyl (C=O) groups excluding carboxylic acids is 1. The first kappa shape index (κ1) is 8.66. The summed E-state index contributed by atoms with van der Waals surface area (Å²) in [6.45, 7) is 0. The number of hydrogen-bond acceptors (Lipinski definition) is 1. The molecule has 74 valence electrons. The van der Waals surface area contributed by atoms with Gasteiger partial charge in [-0.15, -0.1) is 0 Å². The minimum Gasteiger partial charge on any atom is -0.299 e. The van der Waals surface area contributed by atoms with Crippen LogP contribution in [0.4, 0.5) is 0 Å². The molecule has 3 rings (SSSR count). The van der Waals surface area contributed by atoms with Crippen LogP contribution in [0.5, 0.6) is 0 Å². The maximum atomic E-state index is 11.5. The smallest absolute Gasteiger partial charge is 0.137 e. The van der Waals surface area contributed by atoms with Crippen molar-refractivity contribution < 1.29 is 4.79 Å². The Hall–Kier alpha value is -1.63. The second kappa shape index (κ2) is 3.20. The summed E-state index contributed by atoms with van der Waals surface area (Å²) < 4.78 is 0. The van der Waals surface area contributed by atoms with Gasteiger partial charge < -0.3 is 0 Å². The standard InChI is InChI=1S/C14H12O/c15-12-8-7-11-6-5-10-3-1-2-4-13(10)14(11)9-12/h1-6H,7-9H2.